The van der Waals surface area contributed by atoms with Crippen LogP contribution in [0.3, 0.4) is 0 Å². The van der Waals surface area contributed by atoms with Crippen molar-refractivity contribution in [2.24, 2.45) is 0 Å². The summed E-state index contributed by atoms with van der Waals surface area (Å²) >= 11 is 0. The molecule has 1 aromatic rings. The summed E-state index contributed by atoms with van der Waals surface area (Å²) in [6.07, 6.45) is 1.16. The summed E-state index contributed by atoms with van der Waals surface area (Å²) in [5.74, 6) is -0.114. The fraction of sp³-hybridized carbons (Fsp3) is 0.533. The third-order valence-corrected chi connectivity index (χ3v) is 5.52. The van der Waals surface area contributed by atoms with E-state index in [4.69, 9.17) is 4.74 Å². The molecule has 6 nitrogen and oxygen atoms in total. The highest BCUT2D eigenvalue weighted by Crippen LogP contribution is 2.23. The van der Waals surface area contributed by atoms with Crippen molar-refractivity contribution in [3.8, 4) is 0 Å². The Hall–Kier alpha value is -1.44. The van der Waals surface area contributed by atoms with Crippen LogP contribution in [0.4, 0.5) is 5.69 Å². The van der Waals surface area contributed by atoms with Crippen molar-refractivity contribution in [2.75, 3.05) is 25.1 Å². The van der Waals surface area contributed by atoms with Gasteiger partial charge in [0, 0.05) is 24.7 Å². The van der Waals surface area contributed by atoms with Crippen molar-refractivity contribution in [1.29, 1.82) is 0 Å². The SMILES string of the molecule is CCCC(=O)Nc1cccc(S(=O)(=O)N2CCOCC2C)c1. The van der Waals surface area contributed by atoms with Crippen LogP contribution < -0.4 is 5.32 Å². The van der Waals surface area contributed by atoms with E-state index in [-0.39, 0.29) is 16.8 Å². The second kappa shape index (κ2) is 7.21. The first kappa shape index (κ1) is 16.9. The first-order chi connectivity index (χ1) is 10.4. The maximum atomic E-state index is 12.7. The molecule has 0 radical (unpaired) electrons. The van der Waals surface area contributed by atoms with E-state index in [9.17, 15) is 13.2 Å². The Morgan fingerprint density at radius 3 is 2.91 bits per heavy atom. The van der Waals surface area contributed by atoms with Crippen LogP contribution in [0, 0.1) is 0 Å². The minimum absolute atomic E-state index is 0.114. The molecule has 1 amide bonds. The Morgan fingerprint density at radius 1 is 1.45 bits per heavy atom. The zero-order valence-corrected chi connectivity index (χ0v) is 13.7. The summed E-state index contributed by atoms with van der Waals surface area (Å²) in [4.78, 5) is 11.8. The van der Waals surface area contributed by atoms with Gasteiger partial charge in [0.1, 0.15) is 0 Å². The molecule has 1 aromatic carbocycles. The smallest absolute Gasteiger partial charge is 0.243 e. The van der Waals surface area contributed by atoms with E-state index < -0.39 is 10.0 Å². The highest BCUT2D eigenvalue weighted by molar-refractivity contribution is 7.89. The van der Waals surface area contributed by atoms with Crippen molar-refractivity contribution >= 4 is 21.6 Å². The molecule has 1 atom stereocenters. The number of anilines is 1. The number of nitrogens with one attached hydrogen (secondary N) is 1. The van der Waals surface area contributed by atoms with Gasteiger partial charge in [-0.1, -0.05) is 13.0 Å². The highest BCUT2D eigenvalue weighted by Gasteiger charge is 2.31. The predicted molar refractivity (Wildman–Crippen MR) is 84.2 cm³/mol. The maximum Gasteiger partial charge on any atom is 0.243 e. The molecule has 1 aliphatic rings. The van der Waals surface area contributed by atoms with Gasteiger partial charge in [0.05, 0.1) is 18.1 Å². The van der Waals surface area contributed by atoms with E-state index >= 15 is 0 Å². The summed E-state index contributed by atoms with van der Waals surface area (Å²) in [6.45, 7) is 4.88. The largest absolute Gasteiger partial charge is 0.378 e. The van der Waals surface area contributed by atoms with E-state index in [0.29, 0.717) is 31.9 Å². The van der Waals surface area contributed by atoms with Gasteiger partial charge in [-0.05, 0) is 31.5 Å². The number of morpholine rings is 1. The highest BCUT2D eigenvalue weighted by atomic mass is 32.2. The van der Waals surface area contributed by atoms with Crippen LogP contribution in [0.2, 0.25) is 0 Å². The molecule has 1 heterocycles. The van der Waals surface area contributed by atoms with Crippen molar-refractivity contribution in [1.82, 2.24) is 4.31 Å². The average Bonchev–Trinajstić information content (AvgIpc) is 2.48. The Labute approximate surface area is 131 Å². The summed E-state index contributed by atoms with van der Waals surface area (Å²) in [5, 5.41) is 2.72. The number of carbonyl (C=O) groups is 1. The zero-order valence-electron chi connectivity index (χ0n) is 12.9. The standard InChI is InChI=1S/C15H22N2O4S/c1-3-5-15(18)16-13-6-4-7-14(10-13)22(19,20)17-8-9-21-11-12(17)2/h4,6-7,10,12H,3,5,8-9,11H2,1-2H3,(H,16,18). The molecule has 1 saturated heterocycles. The van der Waals surface area contributed by atoms with E-state index in [0.717, 1.165) is 6.42 Å². The average molecular weight is 326 g/mol. The van der Waals surface area contributed by atoms with Gasteiger partial charge >= 0.3 is 0 Å². The Bertz CT molecular complexity index is 630. The lowest BCUT2D eigenvalue weighted by molar-refractivity contribution is -0.116. The predicted octanol–water partition coefficient (Wildman–Crippen LogP) is 1.83. The number of hydrogen-bond donors (Lipinski definition) is 1. The Kier molecular flexibility index (Phi) is 5.55. The molecular formula is C15H22N2O4S. The molecule has 22 heavy (non-hydrogen) atoms. The van der Waals surface area contributed by atoms with Gasteiger partial charge in [-0.15, -0.1) is 0 Å². The van der Waals surface area contributed by atoms with Crippen LogP contribution in [0.5, 0.6) is 0 Å². The van der Waals surface area contributed by atoms with Crippen LogP contribution in [0.25, 0.3) is 0 Å². The lowest BCUT2D eigenvalue weighted by Crippen LogP contribution is -2.46. The minimum Gasteiger partial charge on any atom is -0.378 e. The molecule has 0 aromatic heterocycles. The van der Waals surface area contributed by atoms with Crippen LogP contribution in [-0.2, 0) is 19.6 Å². The summed E-state index contributed by atoms with van der Waals surface area (Å²) < 4.78 is 32.2. The van der Waals surface area contributed by atoms with Gasteiger partial charge < -0.3 is 10.1 Å². The monoisotopic (exact) mass is 326 g/mol. The summed E-state index contributed by atoms with van der Waals surface area (Å²) in [7, 11) is -3.58. The number of carbonyl (C=O) groups excluding carboxylic acids is 1. The van der Waals surface area contributed by atoms with Gasteiger partial charge in [0.15, 0.2) is 0 Å². The molecule has 0 spiro atoms. The molecule has 122 valence electrons. The molecule has 0 saturated carbocycles. The first-order valence-electron chi connectivity index (χ1n) is 7.44. The van der Waals surface area contributed by atoms with Crippen LogP contribution in [0.15, 0.2) is 29.2 Å². The van der Waals surface area contributed by atoms with Crippen molar-refractivity contribution < 1.29 is 17.9 Å². The van der Waals surface area contributed by atoms with Crippen molar-refractivity contribution in [3.63, 3.8) is 0 Å². The molecule has 2 rings (SSSR count). The van der Waals surface area contributed by atoms with Crippen LogP contribution >= 0.6 is 0 Å². The van der Waals surface area contributed by atoms with Crippen molar-refractivity contribution in [2.45, 2.75) is 37.6 Å². The fourth-order valence-electron chi connectivity index (χ4n) is 2.39. The minimum atomic E-state index is -3.58. The molecule has 1 unspecified atom stereocenters. The summed E-state index contributed by atoms with van der Waals surface area (Å²) in [5.41, 5.74) is 0.500. The van der Waals surface area contributed by atoms with E-state index in [1.54, 1.807) is 18.2 Å². The Balaban J connectivity index is 2.22. The van der Waals surface area contributed by atoms with E-state index in [2.05, 4.69) is 5.32 Å². The molecule has 0 aliphatic carbocycles. The van der Waals surface area contributed by atoms with Crippen LogP contribution in [0.1, 0.15) is 26.7 Å². The molecule has 1 fully saturated rings. The van der Waals surface area contributed by atoms with Gasteiger partial charge in [-0.3, -0.25) is 4.79 Å². The lowest BCUT2D eigenvalue weighted by Gasteiger charge is -2.32. The lowest BCUT2D eigenvalue weighted by atomic mass is 10.3. The summed E-state index contributed by atoms with van der Waals surface area (Å²) in [6, 6.07) is 6.18. The third-order valence-electron chi connectivity index (χ3n) is 3.51. The number of hydrogen-bond acceptors (Lipinski definition) is 4. The number of rotatable bonds is 5. The fourth-order valence-corrected chi connectivity index (χ4v) is 4.04. The number of sulfonamides is 1. The normalized spacial score (nSPS) is 19.8. The molecule has 0 bridgehead atoms. The zero-order chi connectivity index (χ0) is 16.2. The number of nitrogens with zero attached hydrogens (tertiary/aromatic N) is 1. The van der Waals surface area contributed by atoms with Gasteiger partial charge in [0.2, 0.25) is 15.9 Å². The number of ether oxygens (including phenoxy) is 1. The maximum absolute atomic E-state index is 12.7. The quantitative estimate of drug-likeness (QED) is 0.896. The number of amides is 1. The molecular weight excluding hydrogens is 304 g/mol. The van der Waals surface area contributed by atoms with Gasteiger partial charge in [0.25, 0.3) is 0 Å². The molecule has 1 aliphatic heterocycles. The van der Waals surface area contributed by atoms with E-state index in [1.807, 2.05) is 13.8 Å². The molecule has 7 heteroatoms. The second-order valence-electron chi connectivity index (χ2n) is 5.37. The van der Waals surface area contributed by atoms with Gasteiger partial charge in [-0.25, -0.2) is 8.42 Å². The third kappa shape index (κ3) is 3.85. The second-order valence-corrected chi connectivity index (χ2v) is 7.26. The van der Waals surface area contributed by atoms with Crippen molar-refractivity contribution in [3.05, 3.63) is 24.3 Å². The molecule has 1 N–H and O–H groups in total. The Morgan fingerprint density at radius 2 is 2.23 bits per heavy atom. The first-order valence-corrected chi connectivity index (χ1v) is 8.88. The number of benzene rings is 1. The topological polar surface area (TPSA) is 75.7 Å². The van der Waals surface area contributed by atoms with E-state index in [1.165, 1.54) is 10.4 Å². The van der Waals surface area contributed by atoms with Gasteiger partial charge in [-0.2, -0.15) is 4.31 Å². The van der Waals surface area contributed by atoms with Crippen LogP contribution in [-0.4, -0.2) is 44.4 Å².